The summed E-state index contributed by atoms with van der Waals surface area (Å²) in [5, 5.41) is 0. The smallest absolute Gasteiger partial charge is 0.207 e. The molecule has 0 bridgehead atoms. The quantitative estimate of drug-likeness (QED) is 0.484. The summed E-state index contributed by atoms with van der Waals surface area (Å²) in [7, 11) is 0. The Balaban J connectivity index is 5.67. The molecule has 13 heteroatoms. The molecule has 0 nitrogen and oxygen atoms in total. The number of hydrogen-bond acceptors (Lipinski definition) is 0. The first-order chi connectivity index (χ1) is 9.77. The van der Waals surface area contributed by atoms with Crippen LogP contribution < -0.4 is 0 Å². The predicted molar refractivity (Wildman–Crippen MR) is 50.3 cm³/mol. The molecule has 0 rings (SSSR count). The minimum atomic E-state index is -7.55. The van der Waals surface area contributed by atoms with Gasteiger partial charge in [-0.2, -0.15) is 48.3 Å². The fraction of sp³-hybridized carbons (Fsp3) is 1.00. The van der Waals surface area contributed by atoms with E-state index in [-0.39, 0.29) is 0 Å². The zero-order chi connectivity index (χ0) is 19.1. The van der Waals surface area contributed by atoms with Crippen LogP contribution in [0.5, 0.6) is 0 Å². The third-order valence-electron chi connectivity index (χ3n) is 2.93. The Morgan fingerprint density at radius 3 is 1.22 bits per heavy atom. The van der Waals surface area contributed by atoms with E-state index in [0.717, 1.165) is 6.92 Å². The molecule has 0 aromatic carbocycles. The Labute approximate surface area is 120 Å². The lowest BCUT2D eigenvalue weighted by Gasteiger charge is -2.37. The summed E-state index contributed by atoms with van der Waals surface area (Å²) in [5.74, 6) is -32.5. The van der Waals surface area contributed by atoms with Gasteiger partial charge < -0.3 is 0 Å². The Kier molecular flexibility index (Phi) is 5.63. The zero-order valence-electron chi connectivity index (χ0n) is 11.0. The summed E-state index contributed by atoms with van der Waals surface area (Å²) in [6.45, 7) is 0.725. The third kappa shape index (κ3) is 3.78. The molecule has 0 atom stereocenters. The van der Waals surface area contributed by atoms with Crippen LogP contribution in [0.25, 0.3) is 0 Å². The van der Waals surface area contributed by atoms with Gasteiger partial charge >= 0.3 is 29.9 Å². The van der Waals surface area contributed by atoms with Gasteiger partial charge in [-0.3, -0.25) is 0 Å². The lowest BCUT2D eigenvalue weighted by Crippen LogP contribution is -2.66. The summed E-state index contributed by atoms with van der Waals surface area (Å²) >= 11 is 0. The van der Waals surface area contributed by atoms with Crippen molar-refractivity contribution in [2.24, 2.45) is 0 Å². The van der Waals surface area contributed by atoms with Crippen molar-refractivity contribution in [3.05, 3.63) is 0 Å². The van der Waals surface area contributed by atoms with Crippen LogP contribution in [-0.4, -0.2) is 35.8 Å². The molecule has 23 heavy (non-hydrogen) atoms. The molecule has 0 fully saturated rings. The second-order valence-corrected chi connectivity index (χ2v) is 4.63. The lowest BCUT2D eigenvalue weighted by atomic mass is 9.94. The van der Waals surface area contributed by atoms with Crippen LogP contribution in [0.3, 0.4) is 0 Å². The van der Waals surface area contributed by atoms with Gasteiger partial charge in [-0.25, -0.2) is 8.78 Å². The molecule has 0 radical (unpaired) electrons. The summed E-state index contributed by atoms with van der Waals surface area (Å²) in [4.78, 5) is 0. The first-order valence-electron chi connectivity index (χ1n) is 5.72. The third-order valence-corrected chi connectivity index (χ3v) is 2.93. The molecule has 0 aliphatic carbocycles. The van der Waals surface area contributed by atoms with Crippen molar-refractivity contribution in [2.75, 3.05) is 0 Å². The molecule has 0 saturated carbocycles. The average Bonchev–Trinajstić information content (AvgIpc) is 2.34. The standard InChI is InChI=1S/C10H9F13/c1-2-5(11,12)3-4-6(13,14)7(15,16)8(17,18)9(19,20)10(21,22)23/h2-4H2,1H3. The maximum Gasteiger partial charge on any atom is 0.460 e. The maximum atomic E-state index is 13.0. The Morgan fingerprint density at radius 1 is 0.522 bits per heavy atom. The molecule has 0 aromatic heterocycles. The summed E-state index contributed by atoms with van der Waals surface area (Å²) < 4.78 is 163. The van der Waals surface area contributed by atoms with Crippen molar-refractivity contribution in [1.29, 1.82) is 0 Å². The van der Waals surface area contributed by atoms with Gasteiger partial charge in [-0.05, 0) is 0 Å². The highest BCUT2D eigenvalue weighted by atomic mass is 19.4. The molecule has 0 saturated heterocycles. The number of alkyl halides is 13. The van der Waals surface area contributed by atoms with Crippen molar-refractivity contribution in [1.82, 2.24) is 0 Å². The van der Waals surface area contributed by atoms with Crippen LogP contribution in [0.15, 0.2) is 0 Å². The minimum Gasteiger partial charge on any atom is -0.207 e. The molecule has 0 spiro atoms. The molecule has 0 aliphatic rings. The summed E-state index contributed by atoms with van der Waals surface area (Å²) in [6.07, 6.45) is -13.3. The Morgan fingerprint density at radius 2 is 0.913 bits per heavy atom. The predicted octanol–water partition coefficient (Wildman–Crippen LogP) is 5.92. The molecule has 0 amide bonds. The molecule has 140 valence electrons. The largest absolute Gasteiger partial charge is 0.460 e. The molecule has 0 heterocycles. The summed E-state index contributed by atoms with van der Waals surface area (Å²) in [6, 6.07) is 0. The van der Waals surface area contributed by atoms with E-state index in [2.05, 4.69) is 0 Å². The van der Waals surface area contributed by atoms with Gasteiger partial charge in [0, 0.05) is 19.3 Å². The second kappa shape index (κ2) is 5.87. The van der Waals surface area contributed by atoms with Crippen LogP contribution >= 0.6 is 0 Å². The molecular formula is C10H9F13. The van der Waals surface area contributed by atoms with Gasteiger partial charge in [0.1, 0.15) is 0 Å². The van der Waals surface area contributed by atoms with Crippen molar-refractivity contribution in [3.8, 4) is 0 Å². The van der Waals surface area contributed by atoms with E-state index in [1.165, 1.54) is 0 Å². The monoisotopic (exact) mass is 376 g/mol. The average molecular weight is 376 g/mol. The van der Waals surface area contributed by atoms with Crippen molar-refractivity contribution < 1.29 is 57.1 Å². The highest BCUT2D eigenvalue weighted by molar-refractivity contribution is 5.06. The van der Waals surface area contributed by atoms with Gasteiger partial charge in [0.2, 0.25) is 5.92 Å². The number of rotatable bonds is 7. The number of halogens is 13. The van der Waals surface area contributed by atoms with E-state index in [4.69, 9.17) is 0 Å². The first kappa shape index (κ1) is 22.1. The van der Waals surface area contributed by atoms with Gasteiger partial charge in [0.05, 0.1) is 0 Å². The van der Waals surface area contributed by atoms with E-state index in [9.17, 15) is 57.1 Å². The van der Waals surface area contributed by atoms with Gasteiger partial charge in [0.25, 0.3) is 0 Å². The molecule has 0 N–H and O–H groups in total. The van der Waals surface area contributed by atoms with Crippen molar-refractivity contribution in [3.63, 3.8) is 0 Å². The van der Waals surface area contributed by atoms with Gasteiger partial charge in [-0.15, -0.1) is 0 Å². The van der Waals surface area contributed by atoms with Crippen molar-refractivity contribution in [2.45, 2.75) is 62.0 Å². The topological polar surface area (TPSA) is 0 Å². The van der Waals surface area contributed by atoms with Gasteiger partial charge in [0.15, 0.2) is 0 Å². The van der Waals surface area contributed by atoms with Crippen LogP contribution in [0.1, 0.15) is 26.2 Å². The minimum absolute atomic E-state index is 0.725. The fourth-order valence-electron chi connectivity index (χ4n) is 1.28. The molecule has 0 unspecified atom stereocenters. The van der Waals surface area contributed by atoms with Gasteiger partial charge in [-0.1, -0.05) is 6.92 Å². The molecule has 0 aromatic rings. The van der Waals surface area contributed by atoms with Crippen LogP contribution in [0.4, 0.5) is 57.1 Å². The Hall–Kier alpha value is -0.910. The van der Waals surface area contributed by atoms with Crippen LogP contribution in [0, 0.1) is 0 Å². The van der Waals surface area contributed by atoms with Crippen molar-refractivity contribution >= 4 is 0 Å². The van der Waals surface area contributed by atoms with Crippen LogP contribution in [0.2, 0.25) is 0 Å². The SMILES string of the molecule is CCC(F)(F)CCC(F)(F)C(F)(F)C(F)(F)C(F)(F)C(F)(F)F. The normalized spacial score (nSPS) is 15.9. The van der Waals surface area contributed by atoms with E-state index in [1.54, 1.807) is 0 Å². The van der Waals surface area contributed by atoms with E-state index < -0.39 is 55.1 Å². The Bertz CT molecular complexity index is 405. The highest BCUT2D eigenvalue weighted by Gasteiger charge is 2.86. The van der Waals surface area contributed by atoms with E-state index in [0.29, 0.717) is 0 Å². The summed E-state index contributed by atoms with van der Waals surface area (Å²) in [5.41, 5.74) is 0. The first-order valence-corrected chi connectivity index (χ1v) is 5.72. The van der Waals surface area contributed by atoms with E-state index in [1.807, 2.05) is 0 Å². The molecular weight excluding hydrogens is 367 g/mol. The van der Waals surface area contributed by atoms with E-state index >= 15 is 0 Å². The van der Waals surface area contributed by atoms with Crippen LogP contribution in [-0.2, 0) is 0 Å². The highest BCUT2D eigenvalue weighted by Crippen LogP contribution is 2.58. The lowest BCUT2D eigenvalue weighted by molar-refractivity contribution is -0.423. The zero-order valence-corrected chi connectivity index (χ0v) is 11.0. The maximum absolute atomic E-state index is 13.0. The second-order valence-electron chi connectivity index (χ2n) is 4.63. The fourth-order valence-corrected chi connectivity index (χ4v) is 1.28. The number of hydrogen-bond donors (Lipinski definition) is 0. The molecule has 0 aliphatic heterocycles.